The molecule has 0 unspecified atom stereocenters. The van der Waals surface area contributed by atoms with Crippen LogP contribution >= 0.6 is 0 Å². The molecule has 3 aromatic rings. The van der Waals surface area contributed by atoms with E-state index in [2.05, 4.69) is 53.8 Å². The lowest BCUT2D eigenvalue weighted by atomic mass is 10.0. The van der Waals surface area contributed by atoms with Gasteiger partial charge in [0.2, 0.25) is 0 Å². The highest BCUT2D eigenvalue weighted by Gasteiger charge is 1.98. The monoisotopic (exact) mass is 305 g/mol. The summed E-state index contributed by atoms with van der Waals surface area (Å²) in [5.74, 6) is -0.180. The first-order valence-corrected chi connectivity index (χ1v) is 7.91. The van der Waals surface area contributed by atoms with Gasteiger partial charge in [-0.15, -0.1) is 0 Å². The van der Waals surface area contributed by atoms with Crippen molar-refractivity contribution in [1.29, 1.82) is 0 Å². The largest absolute Gasteiger partial charge is 0.312 e. The molecule has 0 aliphatic rings. The molecule has 23 heavy (non-hydrogen) atoms. The van der Waals surface area contributed by atoms with E-state index in [1.807, 2.05) is 18.2 Å². The third-order valence-electron chi connectivity index (χ3n) is 3.89. The second-order valence-corrected chi connectivity index (χ2v) is 5.62. The summed E-state index contributed by atoms with van der Waals surface area (Å²) in [7, 11) is 0. The van der Waals surface area contributed by atoms with Crippen LogP contribution in [-0.4, -0.2) is 6.54 Å². The quantitative estimate of drug-likeness (QED) is 0.643. The van der Waals surface area contributed by atoms with Crippen LogP contribution < -0.4 is 5.32 Å². The van der Waals surface area contributed by atoms with Gasteiger partial charge in [-0.25, -0.2) is 4.39 Å². The van der Waals surface area contributed by atoms with Crippen molar-refractivity contribution in [3.63, 3.8) is 0 Å². The molecule has 0 atom stereocenters. The highest BCUT2D eigenvalue weighted by molar-refractivity contribution is 5.63. The van der Waals surface area contributed by atoms with E-state index in [4.69, 9.17) is 0 Å². The van der Waals surface area contributed by atoms with Gasteiger partial charge in [0.15, 0.2) is 0 Å². The van der Waals surface area contributed by atoms with E-state index in [9.17, 15) is 4.39 Å². The predicted molar refractivity (Wildman–Crippen MR) is 93.7 cm³/mol. The Bertz CT molecular complexity index is 718. The predicted octanol–water partition coefficient (Wildman–Crippen LogP) is 4.83. The van der Waals surface area contributed by atoms with Crippen LogP contribution in [0.4, 0.5) is 4.39 Å². The first-order valence-electron chi connectivity index (χ1n) is 7.91. The second-order valence-electron chi connectivity index (χ2n) is 5.62. The molecule has 0 spiro atoms. The van der Waals surface area contributed by atoms with Crippen molar-refractivity contribution in [2.75, 3.05) is 6.54 Å². The molecule has 0 aliphatic heterocycles. The summed E-state index contributed by atoms with van der Waals surface area (Å²) in [6.07, 6.45) is 0.905. The SMILES string of the molecule is Fc1ccc(CCNCc2ccc(-c3ccccc3)cc2)cc1. The summed E-state index contributed by atoms with van der Waals surface area (Å²) in [4.78, 5) is 0. The number of rotatable bonds is 6. The van der Waals surface area contributed by atoms with Gasteiger partial charge < -0.3 is 5.32 Å². The molecule has 0 radical (unpaired) electrons. The van der Waals surface area contributed by atoms with Crippen molar-refractivity contribution in [1.82, 2.24) is 5.32 Å². The van der Waals surface area contributed by atoms with Gasteiger partial charge in [-0.3, -0.25) is 0 Å². The van der Waals surface area contributed by atoms with Crippen LogP contribution in [0.25, 0.3) is 11.1 Å². The molecule has 3 rings (SSSR count). The summed E-state index contributed by atoms with van der Waals surface area (Å²) in [6, 6.07) is 25.7. The fourth-order valence-electron chi connectivity index (χ4n) is 2.56. The maximum absolute atomic E-state index is 12.8. The summed E-state index contributed by atoms with van der Waals surface area (Å²) in [5.41, 5.74) is 4.89. The van der Waals surface area contributed by atoms with Crippen LogP contribution in [0, 0.1) is 5.82 Å². The molecular formula is C21H20FN. The van der Waals surface area contributed by atoms with Crippen molar-refractivity contribution in [2.24, 2.45) is 0 Å². The van der Waals surface area contributed by atoms with Crippen LogP contribution in [-0.2, 0) is 13.0 Å². The summed E-state index contributed by atoms with van der Waals surface area (Å²) >= 11 is 0. The molecule has 0 saturated carbocycles. The molecule has 3 aromatic carbocycles. The fourth-order valence-corrected chi connectivity index (χ4v) is 2.56. The summed E-state index contributed by atoms with van der Waals surface area (Å²) in [5, 5.41) is 3.43. The Labute approximate surface area is 136 Å². The van der Waals surface area contributed by atoms with E-state index in [0.29, 0.717) is 0 Å². The first-order chi connectivity index (χ1) is 11.3. The minimum atomic E-state index is -0.180. The van der Waals surface area contributed by atoms with Crippen LogP contribution in [0.15, 0.2) is 78.9 Å². The zero-order chi connectivity index (χ0) is 15.9. The Balaban J connectivity index is 1.48. The average Bonchev–Trinajstić information content (AvgIpc) is 2.62. The lowest BCUT2D eigenvalue weighted by Crippen LogP contribution is -2.16. The molecule has 0 amide bonds. The van der Waals surface area contributed by atoms with Crippen molar-refractivity contribution >= 4 is 0 Å². The highest BCUT2D eigenvalue weighted by Crippen LogP contribution is 2.19. The van der Waals surface area contributed by atoms with Gasteiger partial charge in [-0.05, 0) is 47.4 Å². The number of hydrogen-bond acceptors (Lipinski definition) is 1. The third-order valence-corrected chi connectivity index (χ3v) is 3.89. The number of nitrogens with one attached hydrogen (secondary N) is 1. The number of benzene rings is 3. The number of halogens is 1. The van der Waals surface area contributed by atoms with Gasteiger partial charge in [-0.2, -0.15) is 0 Å². The lowest BCUT2D eigenvalue weighted by Gasteiger charge is -2.07. The second kappa shape index (κ2) is 7.70. The summed E-state index contributed by atoms with van der Waals surface area (Å²) in [6.45, 7) is 1.72. The van der Waals surface area contributed by atoms with E-state index >= 15 is 0 Å². The molecule has 0 fully saturated rings. The molecule has 0 saturated heterocycles. The fraction of sp³-hybridized carbons (Fsp3) is 0.143. The van der Waals surface area contributed by atoms with Crippen molar-refractivity contribution < 1.29 is 4.39 Å². The minimum absolute atomic E-state index is 0.180. The van der Waals surface area contributed by atoms with Gasteiger partial charge in [-0.1, -0.05) is 66.7 Å². The molecule has 1 nitrogen and oxygen atoms in total. The molecule has 2 heteroatoms. The maximum atomic E-state index is 12.8. The molecule has 0 aliphatic carbocycles. The Morgan fingerprint density at radius 1 is 0.652 bits per heavy atom. The van der Waals surface area contributed by atoms with Gasteiger partial charge in [0.1, 0.15) is 5.82 Å². The smallest absolute Gasteiger partial charge is 0.123 e. The van der Waals surface area contributed by atoms with Crippen LogP contribution in [0.1, 0.15) is 11.1 Å². The highest BCUT2D eigenvalue weighted by atomic mass is 19.1. The molecular weight excluding hydrogens is 285 g/mol. The van der Waals surface area contributed by atoms with E-state index in [1.54, 1.807) is 0 Å². The van der Waals surface area contributed by atoms with Gasteiger partial charge in [0.25, 0.3) is 0 Å². The first kappa shape index (κ1) is 15.4. The van der Waals surface area contributed by atoms with Gasteiger partial charge in [0.05, 0.1) is 0 Å². The molecule has 116 valence electrons. The zero-order valence-corrected chi connectivity index (χ0v) is 13.0. The van der Waals surface area contributed by atoms with E-state index in [1.165, 1.54) is 28.8 Å². The zero-order valence-electron chi connectivity index (χ0n) is 13.0. The third kappa shape index (κ3) is 4.51. The lowest BCUT2D eigenvalue weighted by molar-refractivity contribution is 0.626. The minimum Gasteiger partial charge on any atom is -0.312 e. The molecule has 0 heterocycles. The van der Waals surface area contributed by atoms with Crippen LogP contribution in [0.5, 0.6) is 0 Å². The summed E-state index contributed by atoms with van der Waals surface area (Å²) < 4.78 is 12.8. The van der Waals surface area contributed by atoms with E-state index in [0.717, 1.165) is 25.1 Å². The Kier molecular flexibility index (Phi) is 5.17. The standard InChI is InChI=1S/C21H20FN/c22-21-12-8-17(9-13-21)14-15-23-16-18-6-10-20(11-7-18)19-4-2-1-3-5-19/h1-13,23H,14-16H2. The van der Waals surface area contributed by atoms with Crippen molar-refractivity contribution in [3.05, 3.63) is 95.8 Å². The van der Waals surface area contributed by atoms with Crippen LogP contribution in [0.3, 0.4) is 0 Å². The maximum Gasteiger partial charge on any atom is 0.123 e. The van der Waals surface area contributed by atoms with Gasteiger partial charge in [0, 0.05) is 6.54 Å². The number of hydrogen-bond donors (Lipinski definition) is 1. The molecule has 0 bridgehead atoms. The van der Waals surface area contributed by atoms with Crippen LogP contribution in [0.2, 0.25) is 0 Å². The van der Waals surface area contributed by atoms with E-state index < -0.39 is 0 Å². The Morgan fingerprint density at radius 3 is 1.96 bits per heavy atom. The normalized spacial score (nSPS) is 10.7. The van der Waals surface area contributed by atoms with E-state index in [-0.39, 0.29) is 5.82 Å². The Hall–Kier alpha value is -2.45. The van der Waals surface area contributed by atoms with Crippen molar-refractivity contribution in [2.45, 2.75) is 13.0 Å². The average molecular weight is 305 g/mol. The Morgan fingerprint density at radius 2 is 1.26 bits per heavy atom. The van der Waals surface area contributed by atoms with Crippen molar-refractivity contribution in [3.8, 4) is 11.1 Å². The molecule has 1 N–H and O–H groups in total. The topological polar surface area (TPSA) is 12.0 Å². The van der Waals surface area contributed by atoms with Gasteiger partial charge >= 0.3 is 0 Å². The molecule has 0 aromatic heterocycles.